The first-order valence-electron chi connectivity index (χ1n) is 5.24. The number of aryl methyl sites for hydroxylation is 1. The van der Waals surface area contributed by atoms with E-state index >= 15 is 0 Å². The molecule has 0 bridgehead atoms. The number of hydrogen-bond acceptors (Lipinski definition) is 3. The second-order valence-corrected chi connectivity index (χ2v) is 4.08. The van der Waals surface area contributed by atoms with Crippen LogP contribution in [0.3, 0.4) is 0 Å². The van der Waals surface area contributed by atoms with Gasteiger partial charge in [-0.05, 0) is 25.1 Å². The minimum absolute atomic E-state index is 0.618. The molecular weight excluding hydrogens is 238 g/mol. The molecule has 0 aliphatic carbocycles. The molecule has 0 saturated carbocycles. The third-order valence-electron chi connectivity index (χ3n) is 2.63. The van der Waals surface area contributed by atoms with E-state index < -0.39 is 0 Å². The first-order chi connectivity index (χ1) is 8.17. The van der Waals surface area contributed by atoms with Crippen LogP contribution in [-0.2, 0) is 0 Å². The number of H-pyrrole nitrogens is 1. The maximum absolute atomic E-state index is 6.22. The van der Waals surface area contributed by atoms with Gasteiger partial charge < -0.3 is 10.1 Å². The molecule has 2 N–H and O–H groups in total. The van der Waals surface area contributed by atoms with Crippen molar-refractivity contribution in [1.82, 2.24) is 10.2 Å². The van der Waals surface area contributed by atoms with Crippen molar-refractivity contribution in [3.05, 3.63) is 28.9 Å². The van der Waals surface area contributed by atoms with Gasteiger partial charge >= 0.3 is 0 Å². The van der Waals surface area contributed by atoms with Gasteiger partial charge in [0.2, 0.25) is 0 Å². The molecule has 1 aromatic heterocycles. The first-order valence-corrected chi connectivity index (χ1v) is 5.61. The van der Waals surface area contributed by atoms with Crippen LogP contribution in [0, 0.1) is 6.92 Å². The van der Waals surface area contributed by atoms with Crippen LogP contribution in [0.2, 0.25) is 5.02 Å². The SMILES string of the molecule is CNc1c(-c2ccc(OC)cc2Cl)n[nH]c1C. The number of nitrogens with zero attached hydrogens (tertiary/aromatic N) is 1. The smallest absolute Gasteiger partial charge is 0.120 e. The summed E-state index contributed by atoms with van der Waals surface area (Å²) in [5, 5.41) is 10.9. The lowest BCUT2D eigenvalue weighted by atomic mass is 10.1. The molecule has 2 aromatic rings. The van der Waals surface area contributed by atoms with Gasteiger partial charge in [0.25, 0.3) is 0 Å². The molecule has 5 heteroatoms. The summed E-state index contributed by atoms with van der Waals surface area (Å²) in [7, 11) is 3.47. The normalized spacial score (nSPS) is 10.4. The molecule has 0 aliphatic rings. The molecule has 1 heterocycles. The van der Waals surface area contributed by atoms with Crippen molar-refractivity contribution >= 4 is 17.3 Å². The fourth-order valence-electron chi connectivity index (χ4n) is 1.74. The molecule has 1 aromatic carbocycles. The Morgan fingerprint density at radius 3 is 2.76 bits per heavy atom. The van der Waals surface area contributed by atoms with Crippen molar-refractivity contribution in [3.63, 3.8) is 0 Å². The maximum atomic E-state index is 6.22. The van der Waals surface area contributed by atoms with E-state index in [0.717, 1.165) is 28.4 Å². The lowest BCUT2D eigenvalue weighted by molar-refractivity contribution is 0.415. The molecule has 0 atom stereocenters. The number of methoxy groups -OCH3 is 1. The molecule has 17 heavy (non-hydrogen) atoms. The lowest BCUT2D eigenvalue weighted by Gasteiger charge is -2.06. The molecule has 0 saturated heterocycles. The van der Waals surface area contributed by atoms with Crippen molar-refractivity contribution in [2.45, 2.75) is 6.92 Å². The van der Waals surface area contributed by atoms with Gasteiger partial charge in [0.15, 0.2) is 0 Å². The third kappa shape index (κ3) is 2.08. The topological polar surface area (TPSA) is 49.9 Å². The zero-order valence-electron chi connectivity index (χ0n) is 9.97. The number of rotatable bonds is 3. The van der Waals surface area contributed by atoms with Crippen molar-refractivity contribution in [2.75, 3.05) is 19.5 Å². The van der Waals surface area contributed by atoms with Crippen LogP contribution in [0.1, 0.15) is 5.69 Å². The van der Waals surface area contributed by atoms with Gasteiger partial charge in [-0.1, -0.05) is 11.6 Å². The zero-order valence-corrected chi connectivity index (χ0v) is 10.7. The second-order valence-electron chi connectivity index (χ2n) is 3.67. The highest BCUT2D eigenvalue weighted by molar-refractivity contribution is 6.33. The Labute approximate surface area is 105 Å². The van der Waals surface area contributed by atoms with E-state index in [-0.39, 0.29) is 0 Å². The Morgan fingerprint density at radius 2 is 2.18 bits per heavy atom. The van der Waals surface area contributed by atoms with Crippen LogP contribution in [0.5, 0.6) is 5.75 Å². The lowest BCUT2D eigenvalue weighted by Crippen LogP contribution is -1.92. The van der Waals surface area contributed by atoms with Crippen LogP contribution in [0.4, 0.5) is 5.69 Å². The number of aromatic nitrogens is 2. The van der Waals surface area contributed by atoms with Gasteiger partial charge in [0, 0.05) is 12.6 Å². The maximum Gasteiger partial charge on any atom is 0.120 e. The number of benzene rings is 1. The standard InChI is InChI=1S/C12H14ClN3O/c1-7-11(14-2)12(16-15-7)9-5-4-8(17-3)6-10(9)13/h4-6,14H,1-3H3,(H,15,16). The van der Waals surface area contributed by atoms with Crippen LogP contribution in [0.15, 0.2) is 18.2 Å². The zero-order chi connectivity index (χ0) is 12.4. The molecule has 0 spiro atoms. The molecule has 0 aliphatic heterocycles. The van der Waals surface area contributed by atoms with Gasteiger partial charge in [0.1, 0.15) is 11.4 Å². The fourth-order valence-corrected chi connectivity index (χ4v) is 2.00. The number of halogens is 1. The monoisotopic (exact) mass is 251 g/mol. The predicted molar refractivity (Wildman–Crippen MR) is 69.9 cm³/mol. The Balaban J connectivity index is 2.53. The quantitative estimate of drug-likeness (QED) is 0.881. The molecular formula is C12H14ClN3O. The predicted octanol–water partition coefficient (Wildman–Crippen LogP) is 3.09. The minimum atomic E-state index is 0.618. The highest BCUT2D eigenvalue weighted by Gasteiger charge is 2.14. The summed E-state index contributed by atoms with van der Waals surface area (Å²) in [6, 6.07) is 5.54. The molecule has 4 nitrogen and oxygen atoms in total. The number of aromatic amines is 1. The van der Waals surface area contributed by atoms with Crippen molar-refractivity contribution in [1.29, 1.82) is 0 Å². The van der Waals surface area contributed by atoms with Gasteiger partial charge in [-0.15, -0.1) is 0 Å². The third-order valence-corrected chi connectivity index (χ3v) is 2.94. The van der Waals surface area contributed by atoms with Crippen molar-refractivity contribution < 1.29 is 4.74 Å². The second kappa shape index (κ2) is 4.67. The van der Waals surface area contributed by atoms with E-state index in [1.165, 1.54) is 0 Å². The van der Waals surface area contributed by atoms with E-state index in [1.807, 2.05) is 26.1 Å². The van der Waals surface area contributed by atoms with Crippen molar-refractivity contribution in [3.8, 4) is 17.0 Å². The van der Waals surface area contributed by atoms with E-state index in [4.69, 9.17) is 16.3 Å². The number of nitrogens with one attached hydrogen (secondary N) is 2. The van der Waals surface area contributed by atoms with Crippen molar-refractivity contribution in [2.24, 2.45) is 0 Å². The van der Waals surface area contributed by atoms with Gasteiger partial charge in [0.05, 0.1) is 23.5 Å². The first kappa shape index (κ1) is 11.8. The van der Waals surface area contributed by atoms with Crippen LogP contribution >= 0.6 is 11.6 Å². The molecule has 0 amide bonds. The number of anilines is 1. The Kier molecular flexibility index (Phi) is 3.24. The molecule has 0 radical (unpaired) electrons. The summed E-state index contributed by atoms with van der Waals surface area (Å²) in [5.74, 6) is 0.733. The summed E-state index contributed by atoms with van der Waals surface area (Å²) in [6.07, 6.45) is 0. The average molecular weight is 252 g/mol. The summed E-state index contributed by atoms with van der Waals surface area (Å²) >= 11 is 6.22. The van der Waals surface area contributed by atoms with E-state index in [0.29, 0.717) is 5.02 Å². The minimum Gasteiger partial charge on any atom is -0.497 e. The number of hydrogen-bond donors (Lipinski definition) is 2. The van der Waals surface area contributed by atoms with Crippen LogP contribution in [-0.4, -0.2) is 24.4 Å². The fraction of sp³-hybridized carbons (Fsp3) is 0.250. The summed E-state index contributed by atoms with van der Waals surface area (Å²) in [4.78, 5) is 0. The Morgan fingerprint density at radius 1 is 1.41 bits per heavy atom. The highest BCUT2D eigenvalue weighted by atomic mass is 35.5. The summed E-state index contributed by atoms with van der Waals surface area (Å²) in [6.45, 7) is 1.96. The average Bonchev–Trinajstić information content (AvgIpc) is 2.70. The van der Waals surface area contributed by atoms with Gasteiger partial charge in [-0.25, -0.2) is 0 Å². The van der Waals surface area contributed by atoms with Gasteiger partial charge in [-0.2, -0.15) is 5.10 Å². The van der Waals surface area contributed by atoms with Crippen LogP contribution < -0.4 is 10.1 Å². The molecule has 90 valence electrons. The Hall–Kier alpha value is -1.68. The Bertz CT molecular complexity index is 537. The highest BCUT2D eigenvalue weighted by Crippen LogP contribution is 2.35. The largest absolute Gasteiger partial charge is 0.497 e. The molecule has 2 rings (SSSR count). The summed E-state index contributed by atoms with van der Waals surface area (Å²) in [5.41, 5.74) is 3.63. The molecule has 0 unspecified atom stereocenters. The van der Waals surface area contributed by atoms with E-state index in [1.54, 1.807) is 13.2 Å². The van der Waals surface area contributed by atoms with E-state index in [9.17, 15) is 0 Å². The molecule has 0 fully saturated rings. The van der Waals surface area contributed by atoms with E-state index in [2.05, 4.69) is 15.5 Å². The van der Waals surface area contributed by atoms with Gasteiger partial charge in [-0.3, -0.25) is 5.10 Å². The number of ether oxygens (including phenoxy) is 1. The summed E-state index contributed by atoms with van der Waals surface area (Å²) < 4.78 is 5.12. The van der Waals surface area contributed by atoms with Crippen LogP contribution in [0.25, 0.3) is 11.3 Å².